The van der Waals surface area contributed by atoms with Gasteiger partial charge in [0.15, 0.2) is 0 Å². The summed E-state index contributed by atoms with van der Waals surface area (Å²) >= 11 is 5.58. The van der Waals surface area contributed by atoms with Crippen molar-refractivity contribution < 1.29 is 26.4 Å². The molecule has 1 N–H and O–H groups in total. The minimum atomic E-state index is -4.84. The van der Waals surface area contributed by atoms with Crippen LogP contribution in [0.5, 0.6) is 0 Å². The highest BCUT2D eigenvalue weighted by Crippen LogP contribution is 2.37. The summed E-state index contributed by atoms with van der Waals surface area (Å²) in [5.41, 5.74) is 0.0463. The number of nitrogens with zero attached hydrogens (tertiary/aromatic N) is 2. The zero-order valence-corrected chi connectivity index (χ0v) is 18.1. The third kappa shape index (κ3) is 4.25. The van der Waals surface area contributed by atoms with Gasteiger partial charge in [0.1, 0.15) is 0 Å². The molecule has 168 valence electrons. The number of halogens is 4. The molecule has 3 aromatic rings. The highest BCUT2D eigenvalue weighted by atomic mass is 35.5. The van der Waals surface area contributed by atoms with E-state index in [2.05, 4.69) is 4.72 Å². The number of hydrogen-bond acceptors (Lipinski definition) is 4. The van der Waals surface area contributed by atoms with Gasteiger partial charge >= 0.3 is 6.18 Å². The maximum Gasteiger partial charge on any atom is 0.417 e. The molecule has 0 saturated carbocycles. The second-order valence-corrected chi connectivity index (χ2v) is 9.23. The molecule has 0 bridgehead atoms. The molecule has 0 saturated heterocycles. The number of carbonyl (C=O) groups excluding carboxylic acids is 1. The molecule has 33 heavy (non-hydrogen) atoms. The number of sulfonamides is 1. The van der Waals surface area contributed by atoms with Gasteiger partial charge in [-0.25, -0.2) is 8.42 Å². The molecule has 1 amide bonds. The highest BCUT2D eigenvalue weighted by Gasteiger charge is 2.36. The van der Waals surface area contributed by atoms with E-state index in [1.807, 2.05) is 6.07 Å². The Hall–Kier alpha value is -3.55. The number of rotatable bonds is 4. The number of benzene rings is 3. The van der Waals surface area contributed by atoms with Crippen molar-refractivity contribution in [2.75, 3.05) is 9.62 Å². The normalized spacial score (nSPS) is 13.5. The van der Waals surface area contributed by atoms with E-state index in [0.717, 1.165) is 12.1 Å². The van der Waals surface area contributed by atoms with Gasteiger partial charge in [-0.05, 0) is 48.0 Å². The average molecular weight is 492 g/mol. The third-order valence-electron chi connectivity index (χ3n) is 5.02. The summed E-state index contributed by atoms with van der Waals surface area (Å²) in [5.74, 6) is -0.509. The lowest BCUT2D eigenvalue weighted by atomic mass is 10.1. The Kier molecular flexibility index (Phi) is 5.56. The van der Waals surface area contributed by atoms with Crippen molar-refractivity contribution >= 4 is 38.9 Å². The van der Waals surface area contributed by atoms with Crippen LogP contribution in [0.25, 0.3) is 0 Å². The van der Waals surface area contributed by atoms with Gasteiger partial charge in [0.05, 0.1) is 44.9 Å². The zero-order valence-electron chi connectivity index (χ0n) is 16.5. The van der Waals surface area contributed by atoms with E-state index in [1.165, 1.54) is 23.1 Å². The second-order valence-electron chi connectivity index (χ2n) is 7.14. The average Bonchev–Trinajstić information content (AvgIpc) is 3.10. The minimum absolute atomic E-state index is 0.0695. The summed E-state index contributed by atoms with van der Waals surface area (Å²) in [5, 5.41) is 8.47. The van der Waals surface area contributed by atoms with Gasteiger partial charge in [0.25, 0.3) is 15.9 Å². The molecule has 0 atom stereocenters. The number of alkyl halides is 3. The van der Waals surface area contributed by atoms with Gasteiger partial charge in [0.2, 0.25) is 0 Å². The van der Waals surface area contributed by atoms with Crippen LogP contribution in [0.4, 0.5) is 24.5 Å². The lowest BCUT2D eigenvalue weighted by Gasteiger charge is -2.16. The van der Waals surface area contributed by atoms with Crippen molar-refractivity contribution in [1.29, 1.82) is 5.26 Å². The Morgan fingerprint density at radius 1 is 1.06 bits per heavy atom. The second kappa shape index (κ2) is 8.10. The zero-order chi connectivity index (χ0) is 24.0. The number of fused-ring (bicyclic) bond motifs is 1. The first-order chi connectivity index (χ1) is 15.5. The Bertz CT molecular complexity index is 1430. The van der Waals surface area contributed by atoms with Crippen molar-refractivity contribution in [2.24, 2.45) is 0 Å². The molecule has 1 heterocycles. The lowest BCUT2D eigenvalue weighted by molar-refractivity contribution is -0.137. The Labute approximate surface area is 191 Å². The standard InChI is InChI=1S/C22H13ClF3N3O3S/c23-18-8-7-16(10-17(18)22(24,25)26)33(31,32)28-19-6-2-4-14-12-29(21(30)20(14)19)15-5-1-3-13(9-15)11-27/h1-10,28H,12H2. The first kappa shape index (κ1) is 22.6. The summed E-state index contributed by atoms with van der Waals surface area (Å²) in [7, 11) is -4.47. The summed E-state index contributed by atoms with van der Waals surface area (Å²) in [4.78, 5) is 13.8. The maximum atomic E-state index is 13.2. The number of nitrogens with one attached hydrogen (secondary N) is 1. The molecule has 11 heteroatoms. The smallest absolute Gasteiger partial charge is 0.304 e. The quantitative estimate of drug-likeness (QED) is 0.543. The van der Waals surface area contributed by atoms with Crippen LogP contribution in [0.2, 0.25) is 5.02 Å². The predicted octanol–water partition coefficient (Wildman–Crippen LogP) is 5.19. The molecule has 4 rings (SSSR count). The maximum absolute atomic E-state index is 13.2. The van der Waals surface area contributed by atoms with Gasteiger partial charge in [-0.3, -0.25) is 9.52 Å². The van der Waals surface area contributed by atoms with Crippen LogP contribution >= 0.6 is 11.6 Å². The van der Waals surface area contributed by atoms with E-state index in [0.29, 0.717) is 22.9 Å². The molecule has 1 aliphatic heterocycles. The first-order valence-electron chi connectivity index (χ1n) is 9.35. The van der Waals surface area contributed by atoms with Gasteiger partial charge in [0, 0.05) is 5.69 Å². The Morgan fingerprint density at radius 3 is 2.48 bits per heavy atom. The fourth-order valence-electron chi connectivity index (χ4n) is 3.49. The molecule has 6 nitrogen and oxygen atoms in total. The van der Waals surface area contributed by atoms with Gasteiger partial charge in [-0.1, -0.05) is 29.8 Å². The summed E-state index contributed by atoms with van der Waals surface area (Å²) in [6, 6.07) is 15.1. The number of anilines is 2. The largest absolute Gasteiger partial charge is 0.417 e. The number of hydrogen-bond donors (Lipinski definition) is 1. The van der Waals surface area contributed by atoms with E-state index in [9.17, 15) is 26.4 Å². The molecule has 0 radical (unpaired) electrons. The van der Waals surface area contributed by atoms with Crippen LogP contribution < -0.4 is 9.62 Å². The molecule has 0 aromatic heterocycles. The Morgan fingerprint density at radius 2 is 1.79 bits per heavy atom. The number of nitriles is 1. The fraction of sp³-hybridized carbons (Fsp3) is 0.0909. The van der Waals surface area contributed by atoms with Crippen LogP contribution in [-0.2, 0) is 22.7 Å². The summed E-state index contributed by atoms with van der Waals surface area (Å²) < 4.78 is 67.4. The van der Waals surface area contributed by atoms with E-state index in [-0.39, 0.29) is 17.8 Å². The number of amides is 1. The molecule has 0 aliphatic carbocycles. The van der Waals surface area contributed by atoms with Crippen molar-refractivity contribution in [3.63, 3.8) is 0 Å². The van der Waals surface area contributed by atoms with Crippen molar-refractivity contribution in [1.82, 2.24) is 0 Å². The molecule has 3 aromatic carbocycles. The summed E-state index contributed by atoms with van der Waals surface area (Å²) in [6.45, 7) is 0.137. The van der Waals surface area contributed by atoms with Crippen LogP contribution in [-0.4, -0.2) is 14.3 Å². The van der Waals surface area contributed by atoms with E-state index in [1.54, 1.807) is 24.3 Å². The summed E-state index contributed by atoms with van der Waals surface area (Å²) in [6.07, 6.45) is -4.84. The molecule has 1 aliphatic rings. The van der Waals surface area contributed by atoms with Crippen LogP contribution in [0.3, 0.4) is 0 Å². The third-order valence-corrected chi connectivity index (χ3v) is 6.72. The highest BCUT2D eigenvalue weighted by molar-refractivity contribution is 7.92. The van der Waals surface area contributed by atoms with Crippen LogP contribution in [0.15, 0.2) is 65.6 Å². The van der Waals surface area contributed by atoms with Crippen LogP contribution in [0, 0.1) is 11.3 Å². The van der Waals surface area contributed by atoms with E-state index in [4.69, 9.17) is 16.9 Å². The SMILES string of the molecule is N#Cc1cccc(N2Cc3cccc(NS(=O)(=O)c4ccc(Cl)c(C(F)(F)F)c4)c3C2=O)c1. The molecular formula is C22H13ClF3N3O3S. The molecule has 0 spiro atoms. The molecule has 0 unspecified atom stereocenters. The van der Waals surface area contributed by atoms with Crippen molar-refractivity contribution in [2.45, 2.75) is 17.6 Å². The topological polar surface area (TPSA) is 90.3 Å². The van der Waals surface area contributed by atoms with Crippen molar-refractivity contribution in [3.05, 3.63) is 87.9 Å². The van der Waals surface area contributed by atoms with Gasteiger partial charge in [-0.2, -0.15) is 18.4 Å². The van der Waals surface area contributed by atoms with Crippen molar-refractivity contribution in [3.8, 4) is 6.07 Å². The monoisotopic (exact) mass is 491 g/mol. The Balaban J connectivity index is 1.70. The predicted molar refractivity (Wildman–Crippen MR) is 115 cm³/mol. The first-order valence-corrected chi connectivity index (χ1v) is 11.2. The van der Waals surface area contributed by atoms with Gasteiger partial charge in [-0.15, -0.1) is 0 Å². The van der Waals surface area contributed by atoms with E-state index >= 15 is 0 Å². The lowest BCUT2D eigenvalue weighted by Crippen LogP contribution is -2.24. The molecular weight excluding hydrogens is 479 g/mol. The molecule has 0 fully saturated rings. The minimum Gasteiger partial charge on any atom is -0.304 e. The number of carbonyl (C=O) groups is 1. The fourth-order valence-corrected chi connectivity index (χ4v) is 4.81. The van der Waals surface area contributed by atoms with Crippen LogP contribution in [0.1, 0.15) is 27.0 Å². The van der Waals surface area contributed by atoms with E-state index < -0.39 is 37.6 Å². The van der Waals surface area contributed by atoms with Gasteiger partial charge < -0.3 is 4.90 Å².